The zero-order valence-corrected chi connectivity index (χ0v) is 9.29. The summed E-state index contributed by atoms with van der Waals surface area (Å²) in [6.07, 6.45) is 0. The Kier molecular flexibility index (Phi) is 4.70. The van der Waals surface area contributed by atoms with Crippen molar-refractivity contribution < 1.29 is 0 Å². The van der Waals surface area contributed by atoms with E-state index in [4.69, 9.17) is 0 Å². The molecule has 1 aliphatic heterocycles. The number of hydrogen-bond donors (Lipinski definition) is 0. The first-order valence-corrected chi connectivity index (χ1v) is 5.47. The number of likely N-dealkylation sites (N-methyl/N-ethyl adjacent to an activating group) is 2. The van der Waals surface area contributed by atoms with E-state index < -0.39 is 0 Å². The highest BCUT2D eigenvalue weighted by molar-refractivity contribution is 4.67. The van der Waals surface area contributed by atoms with Gasteiger partial charge in [0.1, 0.15) is 0 Å². The molecule has 1 aliphatic rings. The molecule has 0 saturated carbocycles. The lowest BCUT2D eigenvalue weighted by Crippen LogP contribution is -2.38. The van der Waals surface area contributed by atoms with Gasteiger partial charge in [0.2, 0.25) is 0 Å². The lowest BCUT2D eigenvalue weighted by Gasteiger charge is -2.26. The smallest absolute Gasteiger partial charge is 0.0518 e. The molecule has 1 rings (SSSR count). The van der Waals surface area contributed by atoms with Crippen molar-refractivity contribution in [3.63, 3.8) is 0 Å². The van der Waals surface area contributed by atoms with Crippen molar-refractivity contribution in [2.45, 2.75) is 20.8 Å². The second-order valence-corrected chi connectivity index (χ2v) is 3.69. The molecule has 0 amide bonds. The molecular formula is C10H23N3. The van der Waals surface area contributed by atoms with Crippen LogP contribution in [0.1, 0.15) is 20.8 Å². The quantitative estimate of drug-likeness (QED) is 0.646. The van der Waals surface area contributed by atoms with Crippen LogP contribution in [0.4, 0.5) is 0 Å². The van der Waals surface area contributed by atoms with Crippen LogP contribution in [0.5, 0.6) is 0 Å². The molecule has 0 atom stereocenters. The van der Waals surface area contributed by atoms with E-state index in [0.29, 0.717) is 0 Å². The SMILES string of the molecule is CCN1CCN(CC)CN(CC)C1. The molecule has 0 unspecified atom stereocenters. The summed E-state index contributed by atoms with van der Waals surface area (Å²) < 4.78 is 0. The number of rotatable bonds is 3. The summed E-state index contributed by atoms with van der Waals surface area (Å²) >= 11 is 0. The molecule has 13 heavy (non-hydrogen) atoms. The summed E-state index contributed by atoms with van der Waals surface area (Å²) in [7, 11) is 0. The first-order valence-electron chi connectivity index (χ1n) is 5.47. The number of nitrogens with zero attached hydrogens (tertiary/aromatic N) is 3. The van der Waals surface area contributed by atoms with Gasteiger partial charge in [-0.25, -0.2) is 0 Å². The minimum atomic E-state index is 1.14. The van der Waals surface area contributed by atoms with Crippen LogP contribution < -0.4 is 0 Å². The summed E-state index contributed by atoms with van der Waals surface area (Å²) in [6.45, 7) is 15.0. The second kappa shape index (κ2) is 5.58. The van der Waals surface area contributed by atoms with E-state index in [1.54, 1.807) is 0 Å². The van der Waals surface area contributed by atoms with Gasteiger partial charge in [0.15, 0.2) is 0 Å². The van der Waals surface area contributed by atoms with E-state index in [1.807, 2.05) is 0 Å². The van der Waals surface area contributed by atoms with Crippen LogP contribution >= 0.6 is 0 Å². The van der Waals surface area contributed by atoms with Crippen LogP contribution in [0.2, 0.25) is 0 Å². The summed E-state index contributed by atoms with van der Waals surface area (Å²) in [5.74, 6) is 0. The molecule has 3 nitrogen and oxygen atoms in total. The molecule has 0 aromatic rings. The van der Waals surface area contributed by atoms with Gasteiger partial charge in [0, 0.05) is 13.1 Å². The van der Waals surface area contributed by atoms with E-state index in [1.165, 1.54) is 26.2 Å². The second-order valence-electron chi connectivity index (χ2n) is 3.69. The zero-order valence-electron chi connectivity index (χ0n) is 9.29. The molecule has 1 heterocycles. The Morgan fingerprint density at radius 2 is 1.08 bits per heavy atom. The molecular weight excluding hydrogens is 162 g/mol. The third-order valence-electron chi connectivity index (χ3n) is 2.87. The van der Waals surface area contributed by atoms with Gasteiger partial charge >= 0.3 is 0 Å². The van der Waals surface area contributed by atoms with Crippen LogP contribution in [-0.4, -0.2) is 60.8 Å². The first kappa shape index (κ1) is 11.0. The van der Waals surface area contributed by atoms with Crippen LogP contribution in [0.3, 0.4) is 0 Å². The molecule has 1 fully saturated rings. The maximum absolute atomic E-state index is 2.51. The summed E-state index contributed by atoms with van der Waals surface area (Å²) in [4.78, 5) is 7.53. The molecule has 78 valence electrons. The van der Waals surface area contributed by atoms with Gasteiger partial charge in [-0.2, -0.15) is 0 Å². The Morgan fingerprint density at radius 3 is 1.38 bits per heavy atom. The van der Waals surface area contributed by atoms with Crippen LogP contribution in [0.25, 0.3) is 0 Å². The average Bonchev–Trinajstić information content (AvgIpc) is 2.39. The summed E-state index contributed by atoms with van der Waals surface area (Å²) in [5, 5.41) is 0. The highest BCUT2D eigenvalue weighted by atomic mass is 15.4. The van der Waals surface area contributed by atoms with Crippen molar-refractivity contribution in [1.82, 2.24) is 14.7 Å². The van der Waals surface area contributed by atoms with E-state index in [0.717, 1.165) is 19.9 Å². The lowest BCUT2D eigenvalue weighted by atomic mass is 10.5. The van der Waals surface area contributed by atoms with Crippen LogP contribution in [-0.2, 0) is 0 Å². The Labute approximate surface area is 82.3 Å². The number of hydrogen-bond acceptors (Lipinski definition) is 3. The van der Waals surface area contributed by atoms with E-state index >= 15 is 0 Å². The minimum absolute atomic E-state index is 1.14. The molecule has 0 aliphatic carbocycles. The molecule has 1 saturated heterocycles. The largest absolute Gasteiger partial charge is 0.289 e. The predicted molar refractivity (Wildman–Crippen MR) is 56.6 cm³/mol. The molecule has 0 bridgehead atoms. The van der Waals surface area contributed by atoms with E-state index in [2.05, 4.69) is 35.5 Å². The van der Waals surface area contributed by atoms with E-state index in [-0.39, 0.29) is 0 Å². The Balaban J connectivity index is 2.46. The van der Waals surface area contributed by atoms with Crippen molar-refractivity contribution in [3.8, 4) is 0 Å². The lowest BCUT2D eigenvalue weighted by molar-refractivity contribution is 0.133. The molecule has 0 spiro atoms. The molecule has 0 radical (unpaired) electrons. The Morgan fingerprint density at radius 1 is 0.692 bits per heavy atom. The highest BCUT2D eigenvalue weighted by Crippen LogP contribution is 2.03. The Hall–Kier alpha value is -0.120. The predicted octanol–water partition coefficient (Wildman–Crippen LogP) is 0.881. The van der Waals surface area contributed by atoms with Crippen molar-refractivity contribution in [3.05, 3.63) is 0 Å². The van der Waals surface area contributed by atoms with Gasteiger partial charge < -0.3 is 0 Å². The fourth-order valence-corrected chi connectivity index (χ4v) is 1.75. The molecule has 0 aromatic heterocycles. The van der Waals surface area contributed by atoms with Gasteiger partial charge in [0.05, 0.1) is 13.3 Å². The van der Waals surface area contributed by atoms with Crippen LogP contribution in [0.15, 0.2) is 0 Å². The summed E-state index contributed by atoms with van der Waals surface area (Å²) in [6, 6.07) is 0. The third-order valence-corrected chi connectivity index (χ3v) is 2.87. The average molecular weight is 185 g/mol. The van der Waals surface area contributed by atoms with Crippen molar-refractivity contribution >= 4 is 0 Å². The minimum Gasteiger partial charge on any atom is -0.289 e. The highest BCUT2D eigenvalue weighted by Gasteiger charge is 2.16. The van der Waals surface area contributed by atoms with Gasteiger partial charge in [0.25, 0.3) is 0 Å². The van der Waals surface area contributed by atoms with Crippen molar-refractivity contribution in [2.24, 2.45) is 0 Å². The standard InChI is InChI=1S/C10H23N3/c1-4-11-7-8-12(5-2)10-13(6-3)9-11/h4-10H2,1-3H3. The van der Waals surface area contributed by atoms with Crippen LogP contribution in [0, 0.1) is 0 Å². The maximum atomic E-state index is 2.51. The summed E-state index contributed by atoms with van der Waals surface area (Å²) in [5.41, 5.74) is 0. The first-order chi connectivity index (χ1) is 6.30. The molecule has 0 aromatic carbocycles. The van der Waals surface area contributed by atoms with Crippen molar-refractivity contribution in [1.29, 1.82) is 0 Å². The maximum Gasteiger partial charge on any atom is 0.0518 e. The molecule has 0 N–H and O–H groups in total. The normalized spacial score (nSPS) is 23.3. The Bertz CT molecular complexity index is 124. The fraction of sp³-hybridized carbons (Fsp3) is 1.00. The van der Waals surface area contributed by atoms with Crippen molar-refractivity contribution in [2.75, 3.05) is 46.1 Å². The monoisotopic (exact) mass is 185 g/mol. The molecule has 3 heteroatoms. The van der Waals surface area contributed by atoms with E-state index in [9.17, 15) is 0 Å². The third kappa shape index (κ3) is 3.25. The van der Waals surface area contributed by atoms with Gasteiger partial charge in [-0.15, -0.1) is 0 Å². The fourth-order valence-electron chi connectivity index (χ4n) is 1.75. The zero-order chi connectivity index (χ0) is 9.68. The van der Waals surface area contributed by atoms with Gasteiger partial charge in [-0.3, -0.25) is 14.7 Å². The van der Waals surface area contributed by atoms with Gasteiger partial charge in [-0.1, -0.05) is 20.8 Å². The topological polar surface area (TPSA) is 9.72 Å². The van der Waals surface area contributed by atoms with Gasteiger partial charge in [-0.05, 0) is 19.6 Å².